The highest BCUT2D eigenvalue weighted by Gasteiger charge is 2.44. The van der Waals surface area contributed by atoms with E-state index in [9.17, 15) is 9.90 Å². The lowest BCUT2D eigenvalue weighted by Crippen LogP contribution is -2.32. The smallest absolute Gasteiger partial charge is 0.247 e. The minimum Gasteiger partial charge on any atom is -0.247 e. The second-order valence-corrected chi connectivity index (χ2v) is 4.40. The molecule has 3 aliphatic rings. The van der Waals surface area contributed by atoms with Gasteiger partial charge >= 0.3 is 5.97 Å². The summed E-state index contributed by atoms with van der Waals surface area (Å²) in [5.74, 6) is 0.0304. The Morgan fingerprint density at radius 1 is 1.08 bits per heavy atom. The number of rotatable bonds is 1. The topological polar surface area (TPSA) is 37.0 Å². The van der Waals surface area contributed by atoms with E-state index in [0.29, 0.717) is 0 Å². The van der Waals surface area contributed by atoms with Gasteiger partial charge in [0.1, 0.15) is 0 Å². The lowest BCUT2D eigenvalue weighted by molar-refractivity contribution is -0.158. The Morgan fingerprint density at radius 3 is 2.33 bits per heavy atom. The van der Waals surface area contributed by atoms with Crippen LogP contribution in [-0.4, -0.2) is 5.97 Å². The number of hydrogen-bond acceptors (Lipinski definition) is 1. The molecular weight excluding hydrogens is 152 g/mol. The molecule has 12 heavy (non-hydrogen) atoms. The van der Waals surface area contributed by atoms with Crippen molar-refractivity contribution in [1.82, 2.24) is 0 Å². The van der Waals surface area contributed by atoms with E-state index in [2.05, 4.69) is 0 Å². The molecule has 2 heteroatoms. The Bertz CT molecular complexity index is 185. The highest BCUT2D eigenvalue weighted by Crippen LogP contribution is 2.48. The molecule has 67 valence electrons. The van der Waals surface area contributed by atoms with Crippen molar-refractivity contribution in [1.29, 1.82) is 0 Å². The van der Waals surface area contributed by atoms with Gasteiger partial charge in [-0.15, -0.1) is 0 Å². The molecule has 0 saturated heterocycles. The summed E-state index contributed by atoms with van der Waals surface area (Å²) >= 11 is 0. The molecule has 0 spiro atoms. The number of hydrogen-bond donors (Lipinski definition) is 0. The lowest BCUT2D eigenvalue weighted by Gasteiger charge is -2.31. The van der Waals surface area contributed by atoms with Crippen LogP contribution in [0, 0.1) is 11.3 Å². The van der Waals surface area contributed by atoms with Crippen molar-refractivity contribution in [3.8, 4) is 0 Å². The largest absolute Gasteiger partial charge is 0.361 e. The van der Waals surface area contributed by atoms with Gasteiger partial charge in [-0.1, -0.05) is 12.8 Å². The van der Waals surface area contributed by atoms with Crippen molar-refractivity contribution in [3.05, 3.63) is 0 Å². The van der Waals surface area contributed by atoms with Crippen molar-refractivity contribution in [2.45, 2.75) is 44.9 Å². The zero-order valence-corrected chi connectivity index (χ0v) is 7.34. The number of fused-ring (bicyclic) bond motifs is 4. The summed E-state index contributed by atoms with van der Waals surface area (Å²) < 4.78 is 0. The Balaban J connectivity index is 2.19. The van der Waals surface area contributed by atoms with Gasteiger partial charge in [-0.3, -0.25) is 0 Å². The SMILES string of the molecule is [O]C(=O)C12CCCC(CC1)CC2. The van der Waals surface area contributed by atoms with E-state index < -0.39 is 11.4 Å². The average Bonchev–Trinajstić information content (AvgIpc) is 2.37. The third-order valence-electron chi connectivity index (χ3n) is 3.76. The van der Waals surface area contributed by atoms with Gasteiger partial charge in [0, 0.05) is 0 Å². The molecule has 3 fully saturated rings. The van der Waals surface area contributed by atoms with Crippen LogP contribution in [0.1, 0.15) is 44.9 Å². The molecule has 0 amide bonds. The van der Waals surface area contributed by atoms with Crippen LogP contribution in [0.15, 0.2) is 0 Å². The van der Waals surface area contributed by atoms with Crippen LogP contribution in [-0.2, 0) is 9.90 Å². The first-order valence-corrected chi connectivity index (χ1v) is 4.94. The van der Waals surface area contributed by atoms with Crippen LogP contribution in [0.2, 0.25) is 0 Å². The van der Waals surface area contributed by atoms with Crippen molar-refractivity contribution >= 4 is 5.97 Å². The van der Waals surface area contributed by atoms with Gasteiger partial charge in [0.15, 0.2) is 0 Å². The Morgan fingerprint density at radius 2 is 1.75 bits per heavy atom. The molecule has 0 heterocycles. The maximum Gasteiger partial charge on any atom is 0.361 e. The second kappa shape index (κ2) is 2.75. The first kappa shape index (κ1) is 8.09. The van der Waals surface area contributed by atoms with Crippen LogP contribution in [0.4, 0.5) is 0 Å². The lowest BCUT2D eigenvalue weighted by atomic mass is 9.71. The van der Waals surface area contributed by atoms with E-state index in [1.54, 1.807) is 0 Å². The fourth-order valence-corrected chi connectivity index (χ4v) is 2.80. The highest BCUT2D eigenvalue weighted by atomic mass is 16.4. The summed E-state index contributed by atoms with van der Waals surface area (Å²) in [4.78, 5) is 11.0. The molecule has 0 aromatic rings. The van der Waals surface area contributed by atoms with Gasteiger partial charge in [0.25, 0.3) is 0 Å². The summed E-state index contributed by atoms with van der Waals surface area (Å²) in [5.41, 5.74) is -0.424. The van der Waals surface area contributed by atoms with Crippen LogP contribution < -0.4 is 0 Å². The zero-order chi connectivity index (χ0) is 8.60. The Hall–Kier alpha value is -0.530. The van der Waals surface area contributed by atoms with Gasteiger partial charge < -0.3 is 0 Å². The molecule has 2 nitrogen and oxygen atoms in total. The standard InChI is InChI=1S/C10H15O2/c11-9(12)10-5-1-2-8(3-6-10)4-7-10/h8H,1-7H2. The van der Waals surface area contributed by atoms with Crippen LogP contribution >= 0.6 is 0 Å². The maximum absolute atomic E-state index is 11.0. The molecule has 0 aliphatic heterocycles. The number of carbonyl (C=O) groups is 1. The van der Waals surface area contributed by atoms with E-state index in [0.717, 1.165) is 44.4 Å². The molecule has 3 aliphatic carbocycles. The van der Waals surface area contributed by atoms with E-state index in [1.807, 2.05) is 0 Å². The normalized spacial score (nSPS) is 40.8. The fourth-order valence-electron chi connectivity index (χ4n) is 2.80. The second-order valence-electron chi connectivity index (χ2n) is 4.40. The molecule has 3 saturated carbocycles. The fraction of sp³-hybridized carbons (Fsp3) is 0.900. The summed E-state index contributed by atoms with van der Waals surface area (Å²) in [6, 6.07) is 0. The third-order valence-corrected chi connectivity index (χ3v) is 3.76. The number of carbonyl (C=O) groups excluding carboxylic acids is 1. The van der Waals surface area contributed by atoms with E-state index >= 15 is 0 Å². The quantitative estimate of drug-likeness (QED) is 0.590. The molecule has 1 radical (unpaired) electrons. The molecule has 0 aromatic carbocycles. The van der Waals surface area contributed by atoms with E-state index in [-0.39, 0.29) is 0 Å². The van der Waals surface area contributed by atoms with Gasteiger partial charge in [-0.2, -0.15) is 0 Å². The monoisotopic (exact) mass is 167 g/mol. The molecule has 0 N–H and O–H groups in total. The molecule has 0 aromatic heterocycles. The van der Waals surface area contributed by atoms with Crippen LogP contribution in [0.5, 0.6) is 0 Å². The van der Waals surface area contributed by atoms with Crippen molar-refractivity contribution in [2.75, 3.05) is 0 Å². The third kappa shape index (κ3) is 1.13. The highest BCUT2D eigenvalue weighted by molar-refractivity contribution is 5.74. The predicted molar refractivity (Wildman–Crippen MR) is 43.9 cm³/mol. The van der Waals surface area contributed by atoms with Gasteiger partial charge in [-0.05, 0) is 38.0 Å². The van der Waals surface area contributed by atoms with Crippen molar-refractivity contribution in [2.24, 2.45) is 11.3 Å². The van der Waals surface area contributed by atoms with Gasteiger partial charge in [0.05, 0.1) is 5.41 Å². The summed E-state index contributed by atoms with van der Waals surface area (Å²) in [6.07, 6.45) is 7.20. The van der Waals surface area contributed by atoms with Crippen LogP contribution in [0.3, 0.4) is 0 Å². The summed E-state index contributed by atoms with van der Waals surface area (Å²) in [6.45, 7) is 0. The van der Waals surface area contributed by atoms with E-state index in [4.69, 9.17) is 0 Å². The summed E-state index contributed by atoms with van der Waals surface area (Å²) in [5, 5.41) is 11.0. The molecule has 0 atom stereocenters. The maximum atomic E-state index is 11.0. The first-order valence-electron chi connectivity index (χ1n) is 4.94. The Kier molecular flexibility index (Phi) is 1.85. The van der Waals surface area contributed by atoms with Crippen molar-refractivity contribution in [3.63, 3.8) is 0 Å². The Labute approximate surface area is 73.0 Å². The minimum atomic E-state index is -0.789. The predicted octanol–water partition coefficient (Wildman–Crippen LogP) is 2.30. The van der Waals surface area contributed by atoms with Gasteiger partial charge in [0.2, 0.25) is 0 Å². The first-order chi connectivity index (χ1) is 5.73. The molecule has 3 rings (SSSR count). The molecule has 2 bridgehead atoms. The van der Waals surface area contributed by atoms with E-state index in [1.165, 1.54) is 6.42 Å². The zero-order valence-electron chi connectivity index (χ0n) is 7.34. The van der Waals surface area contributed by atoms with Crippen molar-refractivity contribution < 1.29 is 9.90 Å². The van der Waals surface area contributed by atoms with Gasteiger partial charge in [-0.25, -0.2) is 9.90 Å². The van der Waals surface area contributed by atoms with Crippen LogP contribution in [0.25, 0.3) is 0 Å². The molecule has 0 unspecified atom stereocenters. The summed E-state index contributed by atoms with van der Waals surface area (Å²) in [7, 11) is 0. The minimum absolute atomic E-state index is 0.424. The molecular formula is C10H15O2. The average molecular weight is 167 g/mol.